The van der Waals surface area contributed by atoms with Gasteiger partial charge < -0.3 is 5.73 Å². The van der Waals surface area contributed by atoms with Crippen LogP contribution in [0.15, 0.2) is 24.1 Å². The Bertz CT molecular complexity index is 227. The molecule has 1 aromatic rings. The lowest BCUT2D eigenvalue weighted by atomic mass is 10.2. The number of nitrogens with two attached hydrogens (primary N) is 1. The van der Waals surface area contributed by atoms with Crippen LogP contribution in [-0.4, -0.2) is 0 Å². The van der Waals surface area contributed by atoms with Crippen LogP contribution in [-0.2, 0) is 0 Å². The Hall–Kier alpha value is -0.600. The second-order valence-electron chi connectivity index (χ2n) is 2.29. The van der Waals surface area contributed by atoms with Crippen molar-refractivity contribution in [3.8, 4) is 0 Å². The molecule has 0 aliphatic heterocycles. The third-order valence-corrected chi connectivity index (χ3v) is 2.49. The Morgan fingerprint density at radius 1 is 1.80 bits per heavy atom. The topological polar surface area (TPSA) is 26.0 Å². The van der Waals surface area contributed by atoms with E-state index in [9.17, 15) is 0 Å². The molecule has 0 spiro atoms. The zero-order valence-electron chi connectivity index (χ0n) is 6.00. The summed E-state index contributed by atoms with van der Waals surface area (Å²) in [5, 5.41) is 2.10. The van der Waals surface area contributed by atoms with E-state index in [4.69, 9.17) is 5.73 Å². The van der Waals surface area contributed by atoms with Gasteiger partial charge in [-0.25, -0.2) is 0 Å². The van der Waals surface area contributed by atoms with E-state index >= 15 is 0 Å². The maximum atomic E-state index is 5.70. The van der Waals surface area contributed by atoms with Crippen molar-refractivity contribution < 1.29 is 0 Å². The molecule has 1 nitrogen and oxygen atoms in total. The van der Waals surface area contributed by atoms with Crippen LogP contribution in [0.2, 0.25) is 0 Å². The summed E-state index contributed by atoms with van der Waals surface area (Å²) in [6.07, 6.45) is 1.76. The summed E-state index contributed by atoms with van der Waals surface area (Å²) in [6, 6.07) is 2.11. The second-order valence-corrected chi connectivity index (χ2v) is 3.23. The summed E-state index contributed by atoms with van der Waals surface area (Å²) >= 11 is 1.69. The van der Waals surface area contributed by atoms with Crippen LogP contribution in [0, 0.1) is 6.92 Å². The molecule has 1 atom stereocenters. The Kier molecular flexibility index (Phi) is 2.25. The lowest BCUT2D eigenvalue weighted by Gasteiger charge is -1.99. The lowest BCUT2D eigenvalue weighted by molar-refractivity contribution is 0.939. The van der Waals surface area contributed by atoms with Gasteiger partial charge in [0.05, 0.1) is 6.04 Å². The number of hydrogen-bond donors (Lipinski definition) is 1. The molecule has 1 rings (SSSR count). The van der Waals surface area contributed by atoms with Crippen molar-refractivity contribution in [3.63, 3.8) is 0 Å². The van der Waals surface area contributed by atoms with Crippen molar-refractivity contribution in [3.05, 3.63) is 34.5 Å². The Labute approximate surface area is 65.2 Å². The van der Waals surface area contributed by atoms with E-state index < -0.39 is 0 Å². The first-order chi connectivity index (χ1) is 4.74. The molecule has 0 unspecified atom stereocenters. The monoisotopic (exact) mass is 153 g/mol. The highest BCUT2D eigenvalue weighted by Gasteiger charge is 2.01. The minimum atomic E-state index is 0.0127. The zero-order valence-corrected chi connectivity index (χ0v) is 6.82. The van der Waals surface area contributed by atoms with E-state index in [0.717, 1.165) is 0 Å². The molecular formula is C8H11NS. The van der Waals surface area contributed by atoms with Gasteiger partial charge in [-0.2, -0.15) is 0 Å². The van der Waals surface area contributed by atoms with Gasteiger partial charge in [0.2, 0.25) is 0 Å². The van der Waals surface area contributed by atoms with Gasteiger partial charge in [0, 0.05) is 4.88 Å². The fraction of sp³-hybridized carbons (Fsp3) is 0.250. The van der Waals surface area contributed by atoms with Crippen molar-refractivity contribution in [1.29, 1.82) is 0 Å². The average molecular weight is 153 g/mol. The first kappa shape index (κ1) is 7.51. The standard InChI is InChI=1S/C8H11NS/c1-3-7(9)8-4-6(2)5-10-8/h3-5,7H,1,9H2,2H3/t7-/m0/s1. The van der Waals surface area contributed by atoms with E-state index in [1.165, 1.54) is 10.4 Å². The highest BCUT2D eigenvalue weighted by molar-refractivity contribution is 7.10. The van der Waals surface area contributed by atoms with Crippen LogP contribution >= 0.6 is 11.3 Å². The van der Waals surface area contributed by atoms with Crippen molar-refractivity contribution in [1.82, 2.24) is 0 Å². The van der Waals surface area contributed by atoms with Crippen LogP contribution in [0.4, 0.5) is 0 Å². The number of aryl methyl sites for hydroxylation is 1. The lowest BCUT2D eigenvalue weighted by Crippen LogP contribution is -2.03. The zero-order chi connectivity index (χ0) is 7.56. The summed E-state index contributed by atoms with van der Waals surface area (Å²) in [5.74, 6) is 0. The number of thiophene rings is 1. The average Bonchev–Trinajstić information content (AvgIpc) is 2.34. The van der Waals surface area contributed by atoms with Gasteiger partial charge in [-0.3, -0.25) is 0 Å². The van der Waals surface area contributed by atoms with E-state index in [0.29, 0.717) is 0 Å². The van der Waals surface area contributed by atoms with Crippen molar-refractivity contribution in [2.75, 3.05) is 0 Å². The summed E-state index contributed by atoms with van der Waals surface area (Å²) in [7, 11) is 0. The number of rotatable bonds is 2. The van der Waals surface area contributed by atoms with Crippen LogP contribution in [0.3, 0.4) is 0 Å². The minimum Gasteiger partial charge on any atom is -0.320 e. The molecule has 0 bridgehead atoms. The van der Waals surface area contributed by atoms with Gasteiger partial charge in [-0.05, 0) is 23.9 Å². The fourth-order valence-electron chi connectivity index (χ4n) is 0.744. The smallest absolute Gasteiger partial charge is 0.0573 e. The maximum Gasteiger partial charge on any atom is 0.0573 e. The molecular weight excluding hydrogens is 142 g/mol. The predicted molar refractivity (Wildman–Crippen MR) is 46.2 cm³/mol. The summed E-state index contributed by atoms with van der Waals surface area (Å²) in [5.41, 5.74) is 6.98. The summed E-state index contributed by atoms with van der Waals surface area (Å²) in [6.45, 7) is 5.69. The molecule has 10 heavy (non-hydrogen) atoms. The van der Waals surface area contributed by atoms with Gasteiger partial charge >= 0.3 is 0 Å². The van der Waals surface area contributed by atoms with Gasteiger partial charge in [0.15, 0.2) is 0 Å². The van der Waals surface area contributed by atoms with Crippen LogP contribution in [0.5, 0.6) is 0 Å². The highest BCUT2D eigenvalue weighted by atomic mass is 32.1. The van der Waals surface area contributed by atoms with Crippen LogP contribution in [0.25, 0.3) is 0 Å². The minimum absolute atomic E-state index is 0.0127. The highest BCUT2D eigenvalue weighted by Crippen LogP contribution is 2.20. The van der Waals surface area contributed by atoms with Crippen LogP contribution in [0.1, 0.15) is 16.5 Å². The first-order valence-electron chi connectivity index (χ1n) is 3.17. The van der Waals surface area contributed by atoms with E-state index in [1.807, 2.05) is 0 Å². The first-order valence-corrected chi connectivity index (χ1v) is 4.05. The van der Waals surface area contributed by atoms with Crippen LogP contribution < -0.4 is 5.73 Å². The van der Waals surface area contributed by atoms with Gasteiger partial charge in [0.25, 0.3) is 0 Å². The van der Waals surface area contributed by atoms with Gasteiger partial charge in [0.1, 0.15) is 0 Å². The van der Waals surface area contributed by atoms with E-state index in [2.05, 4.69) is 24.9 Å². The van der Waals surface area contributed by atoms with Crippen molar-refractivity contribution >= 4 is 11.3 Å². The van der Waals surface area contributed by atoms with Gasteiger partial charge in [-0.15, -0.1) is 17.9 Å². The molecule has 0 saturated carbocycles. The molecule has 0 aliphatic carbocycles. The SMILES string of the molecule is C=C[C@H](N)c1cc(C)cs1. The fourth-order valence-corrected chi connectivity index (χ4v) is 1.64. The summed E-state index contributed by atoms with van der Waals surface area (Å²) < 4.78 is 0. The van der Waals surface area contributed by atoms with Gasteiger partial charge in [-0.1, -0.05) is 6.08 Å². The molecule has 0 amide bonds. The molecule has 2 heteroatoms. The third-order valence-electron chi connectivity index (χ3n) is 1.33. The molecule has 0 radical (unpaired) electrons. The largest absolute Gasteiger partial charge is 0.320 e. The third kappa shape index (κ3) is 1.46. The predicted octanol–water partition coefficient (Wildman–Crippen LogP) is 2.24. The van der Waals surface area contributed by atoms with E-state index in [1.54, 1.807) is 17.4 Å². The Balaban J connectivity index is 2.84. The molecule has 54 valence electrons. The summed E-state index contributed by atoms with van der Waals surface area (Å²) in [4.78, 5) is 1.19. The normalized spacial score (nSPS) is 13.0. The van der Waals surface area contributed by atoms with E-state index in [-0.39, 0.29) is 6.04 Å². The molecule has 0 aliphatic rings. The Morgan fingerprint density at radius 3 is 2.90 bits per heavy atom. The van der Waals surface area contributed by atoms with Crippen molar-refractivity contribution in [2.24, 2.45) is 5.73 Å². The quantitative estimate of drug-likeness (QED) is 0.648. The number of hydrogen-bond acceptors (Lipinski definition) is 2. The molecule has 1 aromatic heterocycles. The molecule has 0 aromatic carbocycles. The molecule has 0 fully saturated rings. The molecule has 0 saturated heterocycles. The molecule has 1 heterocycles. The maximum absolute atomic E-state index is 5.70. The second kappa shape index (κ2) is 2.99. The Morgan fingerprint density at radius 2 is 2.50 bits per heavy atom. The molecule has 2 N–H and O–H groups in total. The van der Waals surface area contributed by atoms with Crippen molar-refractivity contribution in [2.45, 2.75) is 13.0 Å².